The number of hydrogen-bond donors (Lipinski definition) is 2. The fraction of sp³-hybridized carbons (Fsp3) is 0.300. The Labute approximate surface area is 185 Å². The lowest BCUT2D eigenvalue weighted by atomic mass is 10.1. The Morgan fingerprint density at radius 2 is 1.84 bits per heavy atom. The highest BCUT2D eigenvalue weighted by atomic mass is 35.5. The fourth-order valence-corrected chi connectivity index (χ4v) is 4.50. The van der Waals surface area contributed by atoms with E-state index in [4.69, 9.17) is 26.9 Å². The average molecular weight is 467 g/mol. The maximum atomic E-state index is 12.6. The van der Waals surface area contributed by atoms with E-state index in [1.54, 1.807) is 6.07 Å². The number of anilines is 1. The Kier molecular flexibility index (Phi) is 7.85. The van der Waals surface area contributed by atoms with Crippen LogP contribution in [0.4, 0.5) is 5.69 Å². The largest absolute Gasteiger partial charge is 0.384 e. The number of ether oxygens (including phenoxy) is 1. The molecular weight excluding hydrogens is 444 g/mol. The molecule has 1 fully saturated rings. The zero-order valence-electron chi connectivity index (χ0n) is 16.7. The van der Waals surface area contributed by atoms with Crippen molar-refractivity contribution >= 4 is 39.1 Å². The highest BCUT2D eigenvalue weighted by Crippen LogP contribution is 2.19. The van der Waals surface area contributed by atoms with Gasteiger partial charge in [-0.25, -0.2) is 8.42 Å². The summed E-state index contributed by atoms with van der Waals surface area (Å²) in [5.41, 5.74) is 7.03. The summed E-state index contributed by atoms with van der Waals surface area (Å²) in [5, 5.41) is 6.90. The fourth-order valence-electron chi connectivity index (χ4n) is 2.89. The van der Waals surface area contributed by atoms with Gasteiger partial charge in [0, 0.05) is 30.2 Å². The number of nitrogens with zero attached hydrogens (tertiary/aromatic N) is 2. The molecule has 11 heteroatoms. The number of carbonyl (C=O) groups is 1. The Balaban J connectivity index is 1.50. The van der Waals surface area contributed by atoms with Crippen LogP contribution < -0.4 is 11.1 Å². The van der Waals surface area contributed by atoms with Gasteiger partial charge < -0.3 is 20.6 Å². The lowest BCUT2D eigenvalue weighted by Crippen LogP contribution is -2.40. The van der Waals surface area contributed by atoms with Gasteiger partial charge in [0.05, 0.1) is 18.1 Å². The van der Waals surface area contributed by atoms with Gasteiger partial charge in [-0.3, -0.25) is 4.79 Å². The second-order valence-electron chi connectivity index (χ2n) is 6.71. The van der Waals surface area contributed by atoms with Gasteiger partial charge in [0.1, 0.15) is 5.84 Å². The zero-order valence-corrected chi connectivity index (χ0v) is 18.2. The summed E-state index contributed by atoms with van der Waals surface area (Å²) in [6.07, 6.45) is 0.292. The van der Waals surface area contributed by atoms with Crippen molar-refractivity contribution in [3.63, 3.8) is 0 Å². The van der Waals surface area contributed by atoms with Crippen LogP contribution in [0.2, 0.25) is 5.02 Å². The molecule has 1 amide bonds. The predicted octanol–water partition coefficient (Wildman–Crippen LogP) is 1.83. The third-order valence-corrected chi connectivity index (χ3v) is 6.73. The van der Waals surface area contributed by atoms with Gasteiger partial charge in [-0.1, -0.05) is 35.0 Å². The average Bonchev–Trinajstić information content (AvgIpc) is 2.76. The first-order valence-electron chi connectivity index (χ1n) is 9.52. The Morgan fingerprint density at radius 1 is 1.16 bits per heavy atom. The standard InChI is InChI=1S/C20H23ClN4O5S/c21-18-4-2-1-3-15(18)13-19(22)24-30-14-20(26)23-16-5-7-17(8-6-16)31(27,28)25-9-11-29-12-10-25/h1-8H,9-14H2,(H2,22,24)(H,23,26). The molecular formula is C20H23ClN4O5S. The molecule has 9 nitrogen and oxygen atoms in total. The van der Waals surface area contributed by atoms with Crippen molar-refractivity contribution in [2.24, 2.45) is 10.9 Å². The topological polar surface area (TPSA) is 123 Å². The van der Waals surface area contributed by atoms with E-state index in [0.717, 1.165) is 5.56 Å². The van der Waals surface area contributed by atoms with E-state index in [-0.39, 0.29) is 17.3 Å². The van der Waals surface area contributed by atoms with Crippen molar-refractivity contribution in [1.82, 2.24) is 4.31 Å². The molecule has 1 aliphatic heterocycles. The highest BCUT2D eigenvalue weighted by molar-refractivity contribution is 7.89. The second kappa shape index (κ2) is 10.6. The summed E-state index contributed by atoms with van der Waals surface area (Å²) >= 11 is 6.07. The zero-order chi connectivity index (χ0) is 22.3. The van der Waals surface area contributed by atoms with Crippen LogP contribution >= 0.6 is 11.6 Å². The molecule has 0 spiro atoms. The maximum absolute atomic E-state index is 12.6. The molecule has 166 valence electrons. The first-order valence-corrected chi connectivity index (χ1v) is 11.3. The molecule has 2 aromatic carbocycles. The number of nitrogens with one attached hydrogen (secondary N) is 1. The number of amides is 1. The smallest absolute Gasteiger partial charge is 0.265 e. The quantitative estimate of drug-likeness (QED) is 0.347. The van der Waals surface area contributed by atoms with Crippen LogP contribution in [0.15, 0.2) is 58.6 Å². The minimum absolute atomic E-state index is 0.153. The lowest BCUT2D eigenvalue weighted by Gasteiger charge is -2.26. The van der Waals surface area contributed by atoms with Crippen molar-refractivity contribution in [2.45, 2.75) is 11.3 Å². The number of benzene rings is 2. The normalized spacial score (nSPS) is 15.5. The molecule has 0 atom stereocenters. The van der Waals surface area contributed by atoms with E-state index in [1.165, 1.54) is 28.6 Å². The Morgan fingerprint density at radius 3 is 2.52 bits per heavy atom. The van der Waals surface area contributed by atoms with Crippen molar-refractivity contribution in [1.29, 1.82) is 0 Å². The predicted molar refractivity (Wildman–Crippen MR) is 117 cm³/mol. The summed E-state index contributed by atoms with van der Waals surface area (Å²) in [5.74, 6) is -0.281. The summed E-state index contributed by atoms with van der Waals surface area (Å²) < 4.78 is 31.8. The van der Waals surface area contributed by atoms with E-state index in [1.807, 2.05) is 18.2 Å². The number of sulfonamides is 1. The van der Waals surface area contributed by atoms with Crippen LogP contribution in [0.25, 0.3) is 0 Å². The van der Waals surface area contributed by atoms with Crippen molar-refractivity contribution in [3.05, 3.63) is 59.1 Å². The molecule has 0 saturated carbocycles. The van der Waals surface area contributed by atoms with Gasteiger partial charge in [-0.2, -0.15) is 4.31 Å². The second-order valence-corrected chi connectivity index (χ2v) is 9.06. The molecule has 3 rings (SSSR count). The third kappa shape index (κ3) is 6.41. The minimum Gasteiger partial charge on any atom is -0.384 e. The number of nitrogens with two attached hydrogens (primary N) is 1. The summed E-state index contributed by atoms with van der Waals surface area (Å²) in [7, 11) is -3.59. The maximum Gasteiger partial charge on any atom is 0.265 e. The number of carbonyl (C=O) groups excluding carboxylic acids is 1. The Hall–Kier alpha value is -2.66. The molecule has 2 aromatic rings. The minimum atomic E-state index is -3.59. The molecule has 0 radical (unpaired) electrons. The number of oxime groups is 1. The third-order valence-electron chi connectivity index (χ3n) is 4.45. The SMILES string of the molecule is N/C(Cc1ccccc1Cl)=N\OCC(=O)Nc1ccc(S(=O)(=O)N2CCOCC2)cc1. The van der Waals surface area contributed by atoms with Crippen molar-refractivity contribution in [3.8, 4) is 0 Å². The number of amidine groups is 1. The molecule has 1 aliphatic rings. The number of hydrogen-bond acceptors (Lipinski definition) is 6. The number of halogens is 1. The summed E-state index contributed by atoms with van der Waals surface area (Å²) in [6.45, 7) is 1.03. The van der Waals surface area contributed by atoms with E-state index < -0.39 is 15.9 Å². The van der Waals surface area contributed by atoms with Gasteiger partial charge in [-0.15, -0.1) is 0 Å². The van der Waals surface area contributed by atoms with E-state index in [2.05, 4.69) is 10.5 Å². The first-order chi connectivity index (χ1) is 14.9. The van der Waals surface area contributed by atoms with Crippen molar-refractivity contribution < 1.29 is 22.8 Å². The van der Waals surface area contributed by atoms with E-state index in [0.29, 0.717) is 43.4 Å². The van der Waals surface area contributed by atoms with Gasteiger partial charge >= 0.3 is 0 Å². The molecule has 0 aliphatic carbocycles. The lowest BCUT2D eigenvalue weighted by molar-refractivity contribution is -0.120. The number of rotatable bonds is 8. The molecule has 0 unspecified atom stereocenters. The van der Waals surface area contributed by atoms with Crippen LogP contribution in [-0.2, 0) is 30.8 Å². The molecule has 1 heterocycles. The van der Waals surface area contributed by atoms with Crippen LogP contribution in [0.5, 0.6) is 0 Å². The van der Waals surface area contributed by atoms with Crippen LogP contribution in [0.1, 0.15) is 5.56 Å². The molecule has 31 heavy (non-hydrogen) atoms. The van der Waals surface area contributed by atoms with Gasteiger partial charge in [0.15, 0.2) is 6.61 Å². The molecule has 1 saturated heterocycles. The van der Waals surface area contributed by atoms with E-state index in [9.17, 15) is 13.2 Å². The Bertz CT molecular complexity index is 1040. The van der Waals surface area contributed by atoms with Crippen molar-refractivity contribution in [2.75, 3.05) is 38.2 Å². The van der Waals surface area contributed by atoms with Crippen LogP contribution in [-0.4, -0.2) is 57.4 Å². The molecule has 3 N–H and O–H groups in total. The molecule has 0 bridgehead atoms. The van der Waals surface area contributed by atoms with Gasteiger partial charge in [-0.05, 0) is 35.9 Å². The number of morpholine rings is 1. The van der Waals surface area contributed by atoms with Crippen LogP contribution in [0, 0.1) is 0 Å². The monoisotopic (exact) mass is 466 g/mol. The summed E-state index contributed by atoms with van der Waals surface area (Å²) in [6, 6.07) is 13.1. The van der Waals surface area contributed by atoms with Gasteiger partial charge in [0.25, 0.3) is 5.91 Å². The van der Waals surface area contributed by atoms with Gasteiger partial charge in [0.2, 0.25) is 10.0 Å². The van der Waals surface area contributed by atoms with Crippen LogP contribution in [0.3, 0.4) is 0 Å². The summed E-state index contributed by atoms with van der Waals surface area (Å²) in [4.78, 5) is 17.2. The first kappa shape index (κ1) is 23.0. The van der Waals surface area contributed by atoms with E-state index >= 15 is 0 Å². The highest BCUT2D eigenvalue weighted by Gasteiger charge is 2.26. The molecule has 0 aromatic heterocycles.